The number of rotatable bonds is 7. The van der Waals surface area contributed by atoms with Gasteiger partial charge in [0, 0.05) is 8.59 Å². The molecule has 1 amide bonds. The molecule has 0 aliphatic heterocycles. The van der Waals surface area contributed by atoms with E-state index in [4.69, 9.17) is 21.1 Å². The number of hydrazone groups is 1. The van der Waals surface area contributed by atoms with Crippen LogP contribution in [0.25, 0.3) is 0 Å². The Morgan fingerprint density at radius 2 is 1.63 bits per heavy atom. The maximum absolute atomic E-state index is 12.2. The summed E-state index contributed by atoms with van der Waals surface area (Å²) in [5.41, 5.74) is 3.61. The molecule has 0 heterocycles. The average molecular weight is 535 g/mol. The molecule has 0 fully saturated rings. The molecule has 0 saturated carbocycles. The van der Waals surface area contributed by atoms with Crippen LogP contribution < -0.4 is 14.9 Å². The summed E-state index contributed by atoms with van der Waals surface area (Å²) >= 11 is 7.88. The molecule has 0 spiro atoms. The van der Waals surface area contributed by atoms with Crippen LogP contribution in [0.4, 0.5) is 0 Å². The van der Waals surface area contributed by atoms with E-state index < -0.39 is 11.9 Å². The van der Waals surface area contributed by atoms with Gasteiger partial charge in [0.15, 0.2) is 6.61 Å². The van der Waals surface area contributed by atoms with Gasteiger partial charge in [-0.25, -0.2) is 10.2 Å². The Bertz CT molecular complexity index is 1050. The first-order chi connectivity index (χ1) is 14.5. The number of halogens is 2. The molecule has 8 heteroatoms. The van der Waals surface area contributed by atoms with E-state index in [1.54, 1.807) is 60.7 Å². The van der Waals surface area contributed by atoms with Crippen molar-refractivity contribution < 1.29 is 19.1 Å². The Hall–Kier alpha value is -2.91. The van der Waals surface area contributed by atoms with Crippen LogP contribution in [0.2, 0.25) is 5.02 Å². The van der Waals surface area contributed by atoms with E-state index in [0.29, 0.717) is 22.1 Å². The quantitative estimate of drug-likeness (QED) is 0.157. The largest absolute Gasteiger partial charge is 0.484 e. The predicted molar refractivity (Wildman–Crippen MR) is 123 cm³/mol. The van der Waals surface area contributed by atoms with Gasteiger partial charge in [0.25, 0.3) is 5.91 Å². The summed E-state index contributed by atoms with van der Waals surface area (Å²) in [4.78, 5) is 24.0. The summed E-state index contributed by atoms with van der Waals surface area (Å²) in [7, 11) is 0. The number of nitrogens with zero attached hydrogens (tertiary/aromatic N) is 1. The highest BCUT2D eigenvalue weighted by Crippen LogP contribution is 2.17. The van der Waals surface area contributed by atoms with Crippen LogP contribution in [0, 0.1) is 3.57 Å². The summed E-state index contributed by atoms with van der Waals surface area (Å²) in [5, 5.41) is 4.47. The third-order valence-electron chi connectivity index (χ3n) is 3.77. The van der Waals surface area contributed by atoms with Crippen LogP contribution >= 0.6 is 34.2 Å². The number of benzene rings is 3. The second-order valence-electron chi connectivity index (χ2n) is 5.97. The lowest BCUT2D eigenvalue weighted by atomic mass is 10.2. The zero-order chi connectivity index (χ0) is 21.3. The number of nitrogens with one attached hydrogen (secondary N) is 1. The van der Waals surface area contributed by atoms with Crippen LogP contribution in [-0.4, -0.2) is 24.7 Å². The van der Waals surface area contributed by atoms with Crippen LogP contribution in [0.3, 0.4) is 0 Å². The SMILES string of the molecule is O=C(COc1ccc(Cl)cc1)NN=Cc1ccc(OC(=O)c2ccccc2I)cc1. The minimum Gasteiger partial charge on any atom is -0.484 e. The van der Waals surface area contributed by atoms with E-state index in [9.17, 15) is 9.59 Å². The summed E-state index contributed by atoms with van der Waals surface area (Å²) in [5.74, 6) is 0.129. The molecule has 0 unspecified atom stereocenters. The lowest BCUT2D eigenvalue weighted by Crippen LogP contribution is -2.24. The van der Waals surface area contributed by atoms with Gasteiger partial charge >= 0.3 is 5.97 Å². The Balaban J connectivity index is 1.47. The first-order valence-corrected chi connectivity index (χ1v) is 10.2. The summed E-state index contributed by atoms with van der Waals surface area (Å²) in [6.45, 7) is -0.174. The van der Waals surface area contributed by atoms with Crippen molar-refractivity contribution in [2.24, 2.45) is 5.10 Å². The highest BCUT2D eigenvalue weighted by Gasteiger charge is 2.11. The first kappa shape index (κ1) is 21.8. The molecule has 0 radical (unpaired) electrons. The average Bonchev–Trinajstić information content (AvgIpc) is 2.75. The van der Waals surface area contributed by atoms with E-state index in [1.807, 2.05) is 12.1 Å². The molecule has 0 bridgehead atoms. The van der Waals surface area contributed by atoms with E-state index >= 15 is 0 Å². The third-order valence-corrected chi connectivity index (χ3v) is 4.96. The number of ether oxygens (including phenoxy) is 2. The van der Waals surface area contributed by atoms with Gasteiger partial charge in [0.2, 0.25) is 0 Å². The van der Waals surface area contributed by atoms with Gasteiger partial charge in [-0.1, -0.05) is 23.7 Å². The maximum Gasteiger partial charge on any atom is 0.344 e. The second kappa shape index (κ2) is 10.7. The highest BCUT2D eigenvalue weighted by atomic mass is 127. The van der Waals surface area contributed by atoms with Gasteiger partial charge in [-0.3, -0.25) is 4.79 Å². The van der Waals surface area contributed by atoms with Crippen molar-refractivity contribution in [3.63, 3.8) is 0 Å². The fraction of sp³-hybridized carbons (Fsp3) is 0.0455. The summed E-state index contributed by atoms with van der Waals surface area (Å²) in [6, 6.07) is 20.6. The van der Waals surface area contributed by atoms with Crippen LogP contribution in [-0.2, 0) is 4.79 Å². The molecule has 0 aliphatic carbocycles. The summed E-state index contributed by atoms with van der Waals surface area (Å²) in [6.07, 6.45) is 1.48. The molecular weight excluding hydrogens is 519 g/mol. The number of esters is 1. The molecular formula is C22H16ClIN2O4. The normalized spacial score (nSPS) is 10.6. The molecule has 0 aromatic heterocycles. The molecule has 3 aromatic rings. The standard InChI is InChI=1S/C22H16ClIN2O4/c23-16-7-11-17(12-8-16)29-14-21(27)26-25-13-15-5-9-18(10-6-15)30-22(28)19-3-1-2-4-20(19)24/h1-13H,14H2,(H,26,27). The van der Waals surface area contributed by atoms with Crippen molar-refractivity contribution in [2.45, 2.75) is 0 Å². The molecule has 30 heavy (non-hydrogen) atoms. The number of amides is 1. The van der Waals surface area contributed by atoms with Crippen LogP contribution in [0.15, 0.2) is 77.9 Å². The molecule has 1 N–H and O–H groups in total. The van der Waals surface area contributed by atoms with Crippen molar-refractivity contribution in [1.29, 1.82) is 0 Å². The Morgan fingerprint density at radius 3 is 2.33 bits per heavy atom. The van der Waals surface area contributed by atoms with E-state index in [1.165, 1.54) is 6.21 Å². The van der Waals surface area contributed by atoms with Crippen molar-refractivity contribution in [3.8, 4) is 11.5 Å². The lowest BCUT2D eigenvalue weighted by molar-refractivity contribution is -0.123. The van der Waals surface area contributed by atoms with Crippen molar-refractivity contribution in [3.05, 3.63) is 92.5 Å². The zero-order valence-corrected chi connectivity index (χ0v) is 18.5. The minimum absolute atomic E-state index is 0.174. The Morgan fingerprint density at radius 1 is 0.967 bits per heavy atom. The van der Waals surface area contributed by atoms with Gasteiger partial charge in [0.05, 0.1) is 11.8 Å². The van der Waals surface area contributed by atoms with Crippen molar-refractivity contribution in [1.82, 2.24) is 5.43 Å². The smallest absolute Gasteiger partial charge is 0.344 e. The number of carbonyl (C=O) groups is 2. The number of hydrogen-bond acceptors (Lipinski definition) is 5. The van der Waals surface area contributed by atoms with Crippen molar-refractivity contribution >= 4 is 52.3 Å². The Kier molecular flexibility index (Phi) is 7.81. The minimum atomic E-state index is -0.422. The molecule has 0 saturated heterocycles. The van der Waals surface area contributed by atoms with E-state index in [-0.39, 0.29) is 6.61 Å². The number of carbonyl (C=O) groups excluding carboxylic acids is 2. The predicted octanol–water partition coefficient (Wildman–Crippen LogP) is 4.69. The lowest BCUT2D eigenvalue weighted by Gasteiger charge is -2.06. The van der Waals surface area contributed by atoms with Crippen LogP contribution in [0.5, 0.6) is 11.5 Å². The summed E-state index contributed by atoms with van der Waals surface area (Å²) < 4.78 is 11.5. The molecule has 3 rings (SSSR count). The fourth-order valence-corrected chi connectivity index (χ4v) is 3.04. The number of hydrogen-bond donors (Lipinski definition) is 1. The second-order valence-corrected chi connectivity index (χ2v) is 7.57. The molecule has 152 valence electrons. The van der Waals surface area contributed by atoms with E-state index in [2.05, 4.69) is 33.1 Å². The molecule has 0 atom stereocenters. The van der Waals surface area contributed by atoms with Gasteiger partial charge in [0.1, 0.15) is 11.5 Å². The van der Waals surface area contributed by atoms with Gasteiger partial charge < -0.3 is 9.47 Å². The fourth-order valence-electron chi connectivity index (χ4n) is 2.30. The molecule has 0 aliphatic rings. The molecule has 3 aromatic carbocycles. The monoisotopic (exact) mass is 534 g/mol. The van der Waals surface area contributed by atoms with Crippen LogP contribution in [0.1, 0.15) is 15.9 Å². The van der Waals surface area contributed by atoms with Crippen molar-refractivity contribution in [2.75, 3.05) is 6.61 Å². The highest BCUT2D eigenvalue weighted by molar-refractivity contribution is 14.1. The Labute approximate surface area is 192 Å². The molecule has 6 nitrogen and oxygen atoms in total. The maximum atomic E-state index is 12.2. The van der Waals surface area contributed by atoms with Gasteiger partial charge in [-0.15, -0.1) is 0 Å². The zero-order valence-electron chi connectivity index (χ0n) is 15.5. The van der Waals surface area contributed by atoms with Gasteiger partial charge in [-0.05, 0) is 88.8 Å². The van der Waals surface area contributed by atoms with Gasteiger partial charge in [-0.2, -0.15) is 5.10 Å². The van der Waals surface area contributed by atoms with E-state index in [0.717, 1.165) is 9.13 Å². The third kappa shape index (κ3) is 6.57. The topological polar surface area (TPSA) is 77.0 Å². The first-order valence-electron chi connectivity index (χ1n) is 8.78.